The molecular formula is C25H24N4O2. The standard InChI is InChI=1S/C25H24N4O2/c1-3-28(21-12-10-19(11-13-21)7-6-14-30)17-20-15-18(2)16-24(25(20)31)29-26-22-8-4-5-9-23(22)27-29/h4-16,31H,3,17H2,1-2H3/b7-6+. The topological polar surface area (TPSA) is 71.2 Å². The third-order valence-electron chi connectivity index (χ3n) is 5.18. The lowest BCUT2D eigenvalue weighted by atomic mass is 10.1. The van der Waals surface area contributed by atoms with E-state index in [4.69, 9.17) is 0 Å². The van der Waals surface area contributed by atoms with E-state index in [-0.39, 0.29) is 5.75 Å². The van der Waals surface area contributed by atoms with Crippen molar-refractivity contribution >= 4 is 29.1 Å². The van der Waals surface area contributed by atoms with Gasteiger partial charge in [-0.25, -0.2) is 0 Å². The van der Waals surface area contributed by atoms with Gasteiger partial charge in [-0.15, -0.1) is 15.0 Å². The Morgan fingerprint density at radius 3 is 2.32 bits per heavy atom. The van der Waals surface area contributed by atoms with Crippen LogP contribution in [0.3, 0.4) is 0 Å². The summed E-state index contributed by atoms with van der Waals surface area (Å²) in [5.41, 5.74) is 5.96. The average molecular weight is 412 g/mol. The van der Waals surface area contributed by atoms with E-state index in [2.05, 4.69) is 22.0 Å². The second kappa shape index (κ2) is 8.83. The fourth-order valence-corrected chi connectivity index (χ4v) is 3.61. The van der Waals surface area contributed by atoms with E-state index < -0.39 is 0 Å². The van der Waals surface area contributed by atoms with Crippen molar-refractivity contribution in [3.8, 4) is 11.4 Å². The highest BCUT2D eigenvalue weighted by Crippen LogP contribution is 2.30. The summed E-state index contributed by atoms with van der Waals surface area (Å²) in [7, 11) is 0. The molecule has 0 fully saturated rings. The van der Waals surface area contributed by atoms with Crippen LogP contribution in [-0.2, 0) is 11.3 Å². The highest BCUT2D eigenvalue weighted by Gasteiger charge is 2.16. The van der Waals surface area contributed by atoms with Gasteiger partial charge in [0.05, 0.1) is 0 Å². The monoisotopic (exact) mass is 412 g/mol. The molecule has 0 aliphatic rings. The van der Waals surface area contributed by atoms with Gasteiger partial charge < -0.3 is 10.0 Å². The van der Waals surface area contributed by atoms with Crippen molar-refractivity contribution in [3.05, 3.63) is 83.4 Å². The largest absolute Gasteiger partial charge is 0.505 e. The number of aldehydes is 1. The van der Waals surface area contributed by atoms with Crippen LogP contribution in [0.4, 0.5) is 5.69 Å². The number of rotatable bonds is 7. The van der Waals surface area contributed by atoms with Crippen molar-refractivity contribution in [2.24, 2.45) is 0 Å². The third kappa shape index (κ3) is 4.33. The summed E-state index contributed by atoms with van der Waals surface area (Å²) in [6.45, 7) is 5.40. The summed E-state index contributed by atoms with van der Waals surface area (Å²) in [5, 5.41) is 20.1. The molecule has 0 aliphatic carbocycles. The fraction of sp³-hybridized carbons (Fsp3) is 0.160. The van der Waals surface area contributed by atoms with E-state index in [9.17, 15) is 9.90 Å². The number of anilines is 1. The molecule has 0 unspecified atom stereocenters. The molecule has 156 valence electrons. The Balaban J connectivity index is 1.66. The van der Waals surface area contributed by atoms with Crippen LogP contribution in [-0.4, -0.2) is 32.9 Å². The fourth-order valence-electron chi connectivity index (χ4n) is 3.61. The van der Waals surface area contributed by atoms with Gasteiger partial charge in [-0.2, -0.15) is 0 Å². The number of hydrogen-bond donors (Lipinski definition) is 1. The summed E-state index contributed by atoms with van der Waals surface area (Å²) >= 11 is 0. The molecule has 0 spiro atoms. The van der Waals surface area contributed by atoms with Crippen LogP contribution in [0.15, 0.2) is 66.7 Å². The van der Waals surface area contributed by atoms with Gasteiger partial charge in [0.1, 0.15) is 28.8 Å². The molecule has 6 heteroatoms. The molecule has 3 aromatic carbocycles. The number of carbonyl (C=O) groups excluding carboxylic acids is 1. The zero-order chi connectivity index (χ0) is 21.8. The van der Waals surface area contributed by atoms with Crippen LogP contribution in [0.5, 0.6) is 5.75 Å². The van der Waals surface area contributed by atoms with E-state index in [1.54, 1.807) is 6.08 Å². The number of phenolic OH excluding ortho intramolecular Hbond substituents is 1. The Morgan fingerprint density at radius 2 is 1.71 bits per heavy atom. The predicted molar refractivity (Wildman–Crippen MR) is 124 cm³/mol. The number of aromatic hydroxyl groups is 1. The van der Waals surface area contributed by atoms with E-state index in [1.165, 1.54) is 10.9 Å². The molecule has 0 bridgehead atoms. The first kappa shape index (κ1) is 20.3. The first-order valence-electron chi connectivity index (χ1n) is 10.2. The molecule has 4 rings (SSSR count). The lowest BCUT2D eigenvalue weighted by Crippen LogP contribution is -2.22. The van der Waals surface area contributed by atoms with Gasteiger partial charge in [-0.3, -0.25) is 4.79 Å². The molecule has 1 heterocycles. The zero-order valence-electron chi connectivity index (χ0n) is 17.6. The number of aryl methyl sites for hydroxylation is 1. The van der Waals surface area contributed by atoms with Crippen molar-refractivity contribution in [1.29, 1.82) is 0 Å². The van der Waals surface area contributed by atoms with Crippen molar-refractivity contribution in [3.63, 3.8) is 0 Å². The zero-order valence-corrected chi connectivity index (χ0v) is 17.6. The van der Waals surface area contributed by atoms with E-state index in [1.807, 2.05) is 67.6 Å². The molecule has 0 saturated heterocycles. The Kier molecular flexibility index (Phi) is 5.80. The summed E-state index contributed by atoms with van der Waals surface area (Å²) in [4.78, 5) is 14.2. The predicted octanol–water partition coefficient (Wildman–Crippen LogP) is 4.67. The van der Waals surface area contributed by atoms with Crippen LogP contribution in [0.1, 0.15) is 23.6 Å². The third-order valence-corrected chi connectivity index (χ3v) is 5.18. The molecule has 4 aromatic rings. The van der Waals surface area contributed by atoms with Gasteiger partial charge in [0.2, 0.25) is 0 Å². The maximum atomic E-state index is 11.1. The first-order valence-corrected chi connectivity index (χ1v) is 10.2. The average Bonchev–Trinajstić information content (AvgIpc) is 3.22. The van der Waals surface area contributed by atoms with Gasteiger partial charge in [0, 0.05) is 24.3 Å². The van der Waals surface area contributed by atoms with E-state index in [0.717, 1.165) is 46.2 Å². The maximum Gasteiger partial charge on any atom is 0.148 e. The Morgan fingerprint density at radius 1 is 1.03 bits per heavy atom. The van der Waals surface area contributed by atoms with E-state index in [0.29, 0.717) is 12.2 Å². The van der Waals surface area contributed by atoms with Crippen molar-refractivity contribution < 1.29 is 9.90 Å². The number of carbonyl (C=O) groups is 1. The number of allylic oxidation sites excluding steroid dienone is 1. The smallest absolute Gasteiger partial charge is 0.148 e. The van der Waals surface area contributed by atoms with Gasteiger partial charge in [0.15, 0.2) is 0 Å². The molecule has 0 atom stereocenters. The van der Waals surface area contributed by atoms with Crippen LogP contribution in [0.2, 0.25) is 0 Å². The minimum absolute atomic E-state index is 0.176. The molecule has 1 N–H and O–H groups in total. The second-order valence-corrected chi connectivity index (χ2v) is 7.37. The molecule has 1 aromatic heterocycles. The van der Waals surface area contributed by atoms with Crippen LogP contribution in [0.25, 0.3) is 22.8 Å². The van der Waals surface area contributed by atoms with E-state index >= 15 is 0 Å². The minimum atomic E-state index is 0.176. The van der Waals surface area contributed by atoms with Crippen molar-refractivity contribution in [2.45, 2.75) is 20.4 Å². The number of nitrogens with zero attached hydrogens (tertiary/aromatic N) is 4. The van der Waals surface area contributed by atoms with Crippen LogP contribution in [0, 0.1) is 6.92 Å². The summed E-state index contributed by atoms with van der Waals surface area (Å²) < 4.78 is 0. The number of phenols is 1. The number of fused-ring (bicyclic) bond motifs is 1. The molecular weight excluding hydrogens is 388 g/mol. The highest BCUT2D eigenvalue weighted by atomic mass is 16.3. The minimum Gasteiger partial charge on any atom is -0.505 e. The molecule has 6 nitrogen and oxygen atoms in total. The van der Waals surface area contributed by atoms with Gasteiger partial charge >= 0.3 is 0 Å². The maximum absolute atomic E-state index is 11.1. The Bertz CT molecular complexity index is 1210. The molecule has 0 amide bonds. The van der Waals surface area contributed by atoms with Gasteiger partial charge in [-0.1, -0.05) is 36.4 Å². The highest BCUT2D eigenvalue weighted by molar-refractivity contribution is 5.74. The number of hydrogen-bond acceptors (Lipinski definition) is 5. The van der Waals surface area contributed by atoms with Gasteiger partial charge in [-0.05, 0) is 61.4 Å². The molecule has 0 aliphatic heterocycles. The SMILES string of the molecule is CCN(Cc1cc(C)cc(-n2nc3ccccc3n2)c1O)c1ccc(/C=C/C=O)cc1. The normalized spacial score (nSPS) is 11.3. The number of benzene rings is 3. The Hall–Kier alpha value is -3.93. The lowest BCUT2D eigenvalue weighted by molar-refractivity contribution is -0.104. The quantitative estimate of drug-likeness (QED) is 0.353. The summed E-state index contributed by atoms with van der Waals surface area (Å²) in [5.74, 6) is 0.176. The molecule has 0 saturated carbocycles. The molecule has 0 radical (unpaired) electrons. The Labute approximate surface area is 181 Å². The van der Waals surface area contributed by atoms with Crippen molar-refractivity contribution in [2.75, 3.05) is 11.4 Å². The summed E-state index contributed by atoms with van der Waals surface area (Å²) in [6, 6.07) is 19.5. The van der Waals surface area contributed by atoms with Gasteiger partial charge in [0.25, 0.3) is 0 Å². The molecule has 31 heavy (non-hydrogen) atoms. The number of aromatic nitrogens is 3. The van der Waals surface area contributed by atoms with Crippen LogP contribution < -0.4 is 4.90 Å². The second-order valence-electron chi connectivity index (χ2n) is 7.37. The summed E-state index contributed by atoms with van der Waals surface area (Å²) in [6.07, 6.45) is 4.01. The first-order chi connectivity index (χ1) is 15.1. The lowest BCUT2D eigenvalue weighted by Gasteiger charge is -2.24. The van der Waals surface area contributed by atoms with Crippen molar-refractivity contribution in [1.82, 2.24) is 15.0 Å². The van der Waals surface area contributed by atoms with Crippen LogP contribution >= 0.6 is 0 Å².